The number of nitrogens with zero attached hydrogens (tertiary/aromatic N) is 4. The molecule has 0 aliphatic heterocycles. The first-order valence-corrected chi connectivity index (χ1v) is 6.63. The first-order chi connectivity index (χ1) is 9.08. The Bertz CT molecular complexity index is 790. The van der Waals surface area contributed by atoms with Gasteiger partial charge in [-0.3, -0.25) is 0 Å². The normalized spacial score (nSPS) is 11.2. The topological polar surface area (TPSA) is 43.1 Å². The minimum absolute atomic E-state index is 0.146. The lowest BCUT2D eigenvalue weighted by molar-refractivity contribution is 0.629. The zero-order chi connectivity index (χ0) is 13.6. The maximum Gasteiger partial charge on any atom is 0.210 e. The van der Waals surface area contributed by atoms with E-state index in [0.29, 0.717) is 15.1 Å². The van der Waals surface area contributed by atoms with E-state index in [1.807, 2.05) is 0 Å². The van der Waals surface area contributed by atoms with E-state index in [2.05, 4.69) is 31.1 Å². The molecule has 0 fully saturated rings. The van der Waals surface area contributed by atoms with Gasteiger partial charge < -0.3 is 0 Å². The molecule has 0 amide bonds. The van der Waals surface area contributed by atoms with Gasteiger partial charge >= 0.3 is 0 Å². The SMILES string of the molecule is Fc1cc(Cl)ccc1-c1nnc2c(Br)cnc(Cl)n12. The van der Waals surface area contributed by atoms with Crippen LogP contribution in [0.1, 0.15) is 0 Å². The minimum atomic E-state index is -0.502. The highest BCUT2D eigenvalue weighted by molar-refractivity contribution is 9.10. The number of fused-ring (bicyclic) bond motifs is 1. The summed E-state index contributed by atoms with van der Waals surface area (Å²) in [5, 5.41) is 8.37. The van der Waals surface area contributed by atoms with E-state index in [-0.39, 0.29) is 16.7 Å². The molecule has 2 aromatic heterocycles. The summed E-state index contributed by atoms with van der Waals surface area (Å²) in [5.74, 6) is -0.235. The lowest BCUT2D eigenvalue weighted by atomic mass is 10.2. The van der Waals surface area contributed by atoms with E-state index >= 15 is 0 Å². The van der Waals surface area contributed by atoms with Crippen molar-refractivity contribution in [1.82, 2.24) is 19.6 Å². The van der Waals surface area contributed by atoms with Crippen LogP contribution in [0.15, 0.2) is 28.9 Å². The third-order valence-electron chi connectivity index (χ3n) is 2.52. The molecular formula is C11H4BrCl2FN4. The van der Waals surface area contributed by atoms with Crippen molar-refractivity contribution in [2.75, 3.05) is 0 Å². The van der Waals surface area contributed by atoms with Crippen LogP contribution in [0, 0.1) is 5.82 Å². The van der Waals surface area contributed by atoms with Crippen molar-refractivity contribution in [3.8, 4) is 11.4 Å². The lowest BCUT2D eigenvalue weighted by Crippen LogP contribution is -1.96. The van der Waals surface area contributed by atoms with Gasteiger partial charge in [-0.05, 0) is 45.7 Å². The van der Waals surface area contributed by atoms with Crippen LogP contribution in [-0.4, -0.2) is 19.6 Å². The number of hydrogen-bond acceptors (Lipinski definition) is 3. The molecule has 2 heterocycles. The fourth-order valence-electron chi connectivity index (χ4n) is 1.68. The minimum Gasteiger partial charge on any atom is -0.248 e. The van der Waals surface area contributed by atoms with Crippen LogP contribution in [0.2, 0.25) is 10.3 Å². The molecule has 0 aliphatic carbocycles. The average molecular weight is 362 g/mol. The Morgan fingerprint density at radius 2 is 2.00 bits per heavy atom. The fraction of sp³-hybridized carbons (Fsp3) is 0. The molecule has 0 unspecified atom stereocenters. The van der Waals surface area contributed by atoms with E-state index in [0.717, 1.165) is 0 Å². The molecule has 96 valence electrons. The molecule has 3 aromatic rings. The van der Waals surface area contributed by atoms with Gasteiger partial charge in [-0.1, -0.05) is 11.6 Å². The van der Waals surface area contributed by atoms with E-state index in [1.165, 1.54) is 22.7 Å². The standard InChI is InChI=1S/C11H4BrCl2FN4/c12-7-4-16-11(14)19-9(17-18-10(7)19)6-2-1-5(13)3-8(6)15/h1-4H. The highest BCUT2D eigenvalue weighted by Gasteiger charge is 2.17. The van der Waals surface area contributed by atoms with Crippen molar-refractivity contribution in [3.05, 3.63) is 45.0 Å². The number of hydrogen-bond donors (Lipinski definition) is 0. The second-order valence-electron chi connectivity index (χ2n) is 3.68. The summed E-state index contributed by atoms with van der Waals surface area (Å²) in [6.07, 6.45) is 1.51. The van der Waals surface area contributed by atoms with E-state index in [1.54, 1.807) is 6.07 Å². The molecule has 0 spiro atoms. The van der Waals surface area contributed by atoms with Crippen molar-refractivity contribution in [3.63, 3.8) is 0 Å². The number of aromatic nitrogens is 4. The highest BCUT2D eigenvalue weighted by atomic mass is 79.9. The van der Waals surface area contributed by atoms with Gasteiger partial charge in [0.15, 0.2) is 11.5 Å². The van der Waals surface area contributed by atoms with Gasteiger partial charge in [0.1, 0.15) is 5.82 Å². The Morgan fingerprint density at radius 1 is 1.21 bits per heavy atom. The molecule has 3 rings (SSSR count). The van der Waals surface area contributed by atoms with Crippen LogP contribution in [0.5, 0.6) is 0 Å². The van der Waals surface area contributed by atoms with Crippen molar-refractivity contribution in [2.45, 2.75) is 0 Å². The third-order valence-corrected chi connectivity index (χ3v) is 3.58. The van der Waals surface area contributed by atoms with E-state index in [9.17, 15) is 4.39 Å². The summed E-state index contributed by atoms with van der Waals surface area (Å²) in [7, 11) is 0. The summed E-state index contributed by atoms with van der Waals surface area (Å²) in [5.41, 5.74) is 0.711. The molecule has 19 heavy (non-hydrogen) atoms. The Labute approximate surface area is 125 Å². The average Bonchev–Trinajstić information content (AvgIpc) is 2.80. The van der Waals surface area contributed by atoms with E-state index < -0.39 is 5.82 Å². The first kappa shape index (κ1) is 12.8. The largest absolute Gasteiger partial charge is 0.248 e. The molecule has 0 atom stereocenters. The Kier molecular flexibility index (Phi) is 3.16. The number of halogens is 4. The molecule has 0 radical (unpaired) electrons. The quantitative estimate of drug-likeness (QED) is 0.615. The molecule has 8 heteroatoms. The smallest absolute Gasteiger partial charge is 0.210 e. The summed E-state index contributed by atoms with van der Waals surface area (Å²) in [6, 6.07) is 4.29. The molecule has 0 bridgehead atoms. The molecule has 0 saturated heterocycles. The Morgan fingerprint density at radius 3 is 2.74 bits per heavy atom. The highest BCUT2D eigenvalue weighted by Crippen LogP contribution is 2.28. The van der Waals surface area contributed by atoms with Crippen LogP contribution in [0.4, 0.5) is 4.39 Å². The second kappa shape index (κ2) is 4.70. The van der Waals surface area contributed by atoms with Crippen LogP contribution in [0.3, 0.4) is 0 Å². The molecule has 0 N–H and O–H groups in total. The Balaban J connectivity index is 2.34. The van der Waals surface area contributed by atoms with Gasteiger partial charge in [0.05, 0.1) is 10.0 Å². The number of benzene rings is 1. The molecule has 0 saturated carbocycles. The molecule has 0 aliphatic rings. The molecule has 1 aromatic carbocycles. The zero-order valence-electron chi connectivity index (χ0n) is 9.11. The molecule has 4 nitrogen and oxygen atoms in total. The summed E-state index contributed by atoms with van der Waals surface area (Å²) >= 11 is 15.0. The maximum atomic E-state index is 13.9. The number of rotatable bonds is 1. The first-order valence-electron chi connectivity index (χ1n) is 5.08. The summed E-state index contributed by atoms with van der Waals surface area (Å²) in [4.78, 5) is 3.97. The van der Waals surface area contributed by atoms with Crippen molar-refractivity contribution >= 4 is 44.8 Å². The Hall–Kier alpha value is -1.24. The van der Waals surface area contributed by atoms with Gasteiger partial charge in [-0.2, -0.15) is 0 Å². The zero-order valence-corrected chi connectivity index (χ0v) is 12.2. The van der Waals surface area contributed by atoms with Gasteiger partial charge in [-0.15, -0.1) is 10.2 Å². The van der Waals surface area contributed by atoms with Gasteiger partial charge in [0, 0.05) is 11.2 Å². The molecular weight excluding hydrogens is 358 g/mol. The van der Waals surface area contributed by atoms with Crippen molar-refractivity contribution in [1.29, 1.82) is 0 Å². The van der Waals surface area contributed by atoms with Crippen LogP contribution in [-0.2, 0) is 0 Å². The van der Waals surface area contributed by atoms with Crippen LogP contribution >= 0.6 is 39.1 Å². The fourth-order valence-corrected chi connectivity index (χ4v) is 2.41. The summed E-state index contributed by atoms with van der Waals surface area (Å²) < 4.78 is 16.0. The second-order valence-corrected chi connectivity index (χ2v) is 5.31. The monoisotopic (exact) mass is 360 g/mol. The third kappa shape index (κ3) is 2.09. The maximum absolute atomic E-state index is 13.9. The van der Waals surface area contributed by atoms with Gasteiger partial charge in [0.25, 0.3) is 0 Å². The van der Waals surface area contributed by atoms with Gasteiger partial charge in [0.2, 0.25) is 5.28 Å². The van der Waals surface area contributed by atoms with Crippen LogP contribution in [0.25, 0.3) is 17.0 Å². The van der Waals surface area contributed by atoms with Crippen LogP contribution < -0.4 is 0 Å². The van der Waals surface area contributed by atoms with Gasteiger partial charge in [-0.25, -0.2) is 13.8 Å². The predicted octanol–water partition coefficient (Wildman–Crippen LogP) is 4.00. The lowest BCUT2D eigenvalue weighted by Gasteiger charge is -2.04. The van der Waals surface area contributed by atoms with Crippen molar-refractivity contribution < 1.29 is 4.39 Å². The van der Waals surface area contributed by atoms with E-state index in [4.69, 9.17) is 23.2 Å². The predicted molar refractivity (Wildman–Crippen MR) is 73.9 cm³/mol. The summed E-state index contributed by atoms with van der Waals surface area (Å²) in [6.45, 7) is 0. The van der Waals surface area contributed by atoms with Crippen molar-refractivity contribution in [2.24, 2.45) is 0 Å².